The predicted molar refractivity (Wildman–Crippen MR) is 51.2 cm³/mol. The fraction of sp³-hybridized carbons (Fsp3) is 0.444. The van der Waals surface area contributed by atoms with Crippen LogP contribution < -0.4 is 0 Å². The molecule has 0 aromatic carbocycles. The van der Waals surface area contributed by atoms with Crippen molar-refractivity contribution in [1.29, 1.82) is 0 Å². The number of ketones is 1. The van der Waals surface area contributed by atoms with Crippen LogP contribution in [0, 0.1) is 0 Å². The van der Waals surface area contributed by atoms with Crippen molar-refractivity contribution < 1.29 is 24.0 Å². The zero-order chi connectivity index (χ0) is 12.3. The molecule has 0 bridgehead atoms. The minimum Gasteiger partial charge on any atom is -0.289 e. The molecular weight excluding hydrogens is 238 g/mol. The lowest BCUT2D eigenvalue weighted by atomic mass is 10.2. The number of halogens is 1. The highest BCUT2D eigenvalue weighted by Gasteiger charge is 2.34. The van der Waals surface area contributed by atoms with Crippen molar-refractivity contribution in [2.24, 2.45) is 0 Å². The molecule has 7 heteroatoms. The predicted octanol–water partition coefficient (Wildman–Crippen LogP) is -0.223. The van der Waals surface area contributed by atoms with Gasteiger partial charge in [-0.2, -0.15) is 0 Å². The Hall–Kier alpha value is -1.56. The second kappa shape index (κ2) is 4.98. The molecule has 16 heavy (non-hydrogen) atoms. The Bertz CT molecular complexity index is 373. The van der Waals surface area contributed by atoms with E-state index in [0.29, 0.717) is 4.90 Å². The highest BCUT2D eigenvalue weighted by Crippen LogP contribution is 2.13. The Balaban J connectivity index is 2.53. The van der Waals surface area contributed by atoms with Crippen LogP contribution in [0.5, 0.6) is 0 Å². The van der Waals surface area contributed by atoms with Gasteiger partial charge in [-0.3, -0.25) is 24.0 Å². The molecule has 1 fully saturated rings. The van der Waals surface area contributed by atoms with Gasteiger partial charge in [-0.1, -0.05) is 0 Å². The lowest BCUT2D eigenvalue weighted by Gasteiger charge is -2.10. The van der Waals surface area contributed by atoms with Crippen molar-refractivity contribution in [3.63, 3.8) is 0 Å². The molecule has 0 radical (unpaired) electrons. The van der Waals surface area contributed by atoms with Gasteiger partial charge in [0.25, 0.3) is 5.24 Å². The average Bonchev–Trinajstić information content (AvgIpc) is 2.54. The third kappa shape index (κ3) is 2.73. The Morgan fingerprint density at radius 1 is 1.06 bits per heavy atom. The molecule has 0 aromatic heterocycles. The number of amides is 3. The lowest BCUT2D eigenvalue weighted by molar-refractivity contribution is -0.150. The molecule has 0 spiro atoms. The Morgan fingerprint density at radius 2 is 1.56 bits per heavy atom. The Kier molecular flexibility index (Phi) is 3.89. The van der Waals surface area contributed by atoms with E-state index in [9.17, 15) is 24.0 Å². The maximum atomic E-state index is 11.4. The first kappa shape index (κ1) is 12.5. The molecule has 3 amide bonds. The van der Waals surface area contributed by atoms with Gasteiger partial charge < -0.3 is 0 Å². The number of Topliss-reactive ketones (excluding diaryl/α,β-unsaturated/α-hetero) is 1. The Labute approximate surface area is 95.5 Å². The molecule has 0 N–H and O–H groups in total. The first-order valence-corrected chi connectivity index (χ1v) is 4.92. The van der Waals surface area contributed by atoms with E-state index in [1.165, 1.54) is 0 Å². The first-order valence-electron chi connectivity index (χ1n) is 4.54. The van der Waals surface area contributed by atoms with Gasteiger partial charge in [-0.25, -0.2) is 4.90 Å². The van der Waals surface area contributed by atoms with E-state index in [0.717, 1.165) is 0 Å². The van der Waals surface area contributed by atoms with Crippen molar-refractivity contribution in [1.82, 2.24) is 4.90 Å². The maximum Gasteiger partial charge on any atom is 0.288 e. The van der Waals surface area contributed by atoms with Gasteiger partial charge in [0.2, 0.25) is 23.5 Å². The van der Waals surface area contributed by atoms with Crippen LogP contribution in [0.3, 0.4) is 0 Å². The molecule has 6 nitrogen and oxygen atoms in total. The molecule has 0 aromatic rings. The van der Waals surface area contributed by atoms with Crippen LogP contribution in [0.4, 0.5) is 0 Å². The Morgan fingerprint density at radius 3 is 2.00 bits per heavy atom. The third-order valence-electron chi connectivity index (χ3n) is 2.09. The molecular formula is C9H8ClNO5. The van der Waals surface area contributed by atoms with Gasteiger partial charge in [-0.05, 0) is 11.6 Å². The number of carbonyl (C=O) groups excluding carboxylic acids is 5. The summed E-state index contributed by atoms with van der Waals surface area (Å²) in [6.45, 7) is 0. The SMILES string of the molecule is O=C(Cl)C(=O)CCC(=O)N1C(=O)CCC1=O. The van der Waals surface area contributed by atoms with Crippen molar-refractivity contribution in [2.45, 2.75) is 25.7 Å². The zero-order valence-corrected chi connectivity index (χ0v) is 8.95. The first-order chi connectivity index (χ1) is 7.43. The van der Waals surface area contributed by atoms with E-state index in [1.54, 1.807) is 0 Å². The summed E-state index contributed by atoms with van der Waals surface area (Å²) in [5.41, 5.74) is 0. The van der Waals surface area contributed by atoms with Crippen molar-refractivity contribution >= 4 is 40.3 Å². The summed E-state index contributed by atoms with van der Waals surface area (Å²) in [6, 6.07) is 0. The van der Waals surface area contributed by atoms with Gasteiger partial charge in [0.05, 0.1) is 0 Å². The van der Waals surface area contributed by atoms with Gasteiger partial charge in [0, 0.05) is 25.7 Å². The third-order valence-corrected chi connectivity index (χ3v) is 2.30. The van der Waals surface area contributed by atoms with Crippen LogP contribution in [0.1, 0.15) is 25.7 Å². The van der Waals surface area contributed by atoms with Crippen LogP contribution in [0.2, 0.25) is 0 Å². The van der Waals surface area contributed by atoms with Crippen LogP contribution in [0.15, 0.2) is 0 Å². The largest absolute Gasteiger partial charge is 0.289 e. The summed E-state index contributed by atoms with van der Waals surface area (Å²) in [5, 5.41) is -1.16. The second-order valence-corrected chi connectivity index (χ2v) is 3.56. The van der Waals surface area contributed by atoms with Gasteiger partial charge >= 0.3 is 0 Å². The smallest absolute Gasteiger partial charge is 0.288 e. The van der Waals surface area contributed by atoms with E-state index < -0.39 is 35.2 Å². The fourth-order valence-electron chi connectivity index (χ4n) is 1.29. The highest BCUT2D eigenvalue weighted by atomic mass is 35.5. The molecule has 0 aliphatic carbocycles. The lowest BCUT2D eigenvalue weighted by Crippen LogP contribution is -2.35. The van der Waals surface area contributed by atoms with E-state index >= 15 is 0 Å². The molecule has 0 atom stereocenters. The fourth-order valence-corrected chi connectivity index (χ4v) is 1.38. The van der Waals surface area contributed by atoms with E-state index in [-0.39, 0.29) is 19.3 Å². The molecule has 86 valence electrons. The van der Waals surface area contributed by atoms with E-state index in [2.05, 4.69) is 0 Å². The van der Waals surface area contributed by atoms with Crippen LogP contribution in [-0.2, 0) is 24.0 Å². The maximum absolute atomic E-state index is 11.4. The minimum atomic E-state index is -1.16. The monoisotopic (exact) mass is 245 g/mol. The topological polar surface area (TPSA) is 88.6 Å². The molecule has 1 saturated heterocycles. The minimum absolute atomic E-state index is 0.00690. The number of carbonyl (C=O) groups is 5. The summed E-state index contributed by atoms with van der Waals surface area (Å²) in [5.74, 6) is -2.81. The van der Waals surface area contributed by atoms with Crippen molar-refractivity contribution in [2.75, 3.05) is 0 Å². The number of rotatable bonds is 4. The second-order valence-electron chi connectivity index (χ2n) is 3.21. The standard InChI is InChI=1S/C9H8ClNO5/c10-9(16)5(12)1-2-6(13)11-7(14)3-4-8(11)15/h1-4H2. The summed E-state index contributed by atoms with van der Waals surface area (Å²) < 4.78 is 0. The average molecular weight is 246 g/mol. The molecule has 1 heterocycles. The van der Waals surface area contributed by atoms with Gasteiger partial charge in [0.15, 0.2) is 0 Å². The summed E-state index contributed by atoms with van der Waals surface area (Å²) >= 11 is 4.88. The number of hydrogen-bond donors (Lipinski definition) is 0. The molecule has 1 aliphatic rings. The number of nitrogens with zero attached hydrogens (tertiary/aromatic N) is 1. The molecule has 0 saturated carbocycles. The molecule has 1 aliphatic heterocycles. The summed E-state index contributed by atoms with van der Waals surface area (Å²) in [4.78, 5) is 55.3. The summed E-state index contributed by atoms with van der Waals surface area (Å²) in [7, 11) is 0. The quantitative estimate of drug-likeness (QED) is 0.388. The normalized spacial score (nSPS) is 15.4. The van der Waals surface area contributed by atoms with Gasteiger partial charge in [-0.15, -0.1) is 0 Å². The zero-order valence-electron chi connectivity index (χ0n) is 8.19. The van der Waals surface area contributed by atoms with E-state index in [1.807, 2.05) is 0 Å². The van der Waals surface area contributed by atoms with Crippen LogP contribution in [0.25, 0.3) is 0 Å². The van der Waals surface area contributed by atoms with Crippen molar-refractivity contribution in [3.8, 4) is 0 Å². The number of hydrogen-bond acceptors (Lipinski definition) is 5. The highest BCUT2D eigenvalue weighted by molar-refractivity contribution is 6.81. The number of likely N-dealkylation sites (tertiary alicyclic amines) is 1. The van der Waals surface area contributed by atoms with E-state index in [4.69, 9.17) is 11.6 Å². The number of imide groups is 3. The van der Waals surface area contributed by atoms with Crippen LogP contribution >= 0.6 is 11.6 Å². The van der Waals surface area contributed by atoms with Gasteiger partial charge in [0.1, 0.15) is 0 Å². The van der Waals surface area contributed by atoms with Crippen molar-refractivity contribution in [3.05, 3.63) is 0 Å². The molecule has 1 rings (SSSR count). The summed E-state index contributed by atoms with van der Waals surface area (Å²) in [6.07, 6.45) is -0.743. The molecule has 0 unspecified atom stereocenters. The van der Waals surface area contributed by atoms with Crippen LogP contribution in [-0.4, -0.2) is 33.6 Å².